The molecule has 108 valence electrons. The topological polar surface area (TPSA) is 70.0 Å². The third kappa shape index (κ3) is 2.33. The summed E-state index contributed by atoms with van der Waals surface area (Å²) in [6, 6.07) is 5.49. The molecular weight excluding hydrogens is 276 g/mol. The minimum absolute atomic E-state index is 0.388. The predicted octanol–water partition coefficient (Wildman–Crippen LogP) is 1.79. The maximum absolute atomic E-state index is 12.6. The summed E-state index contributed by atoms with van der Waals surface area (Å²) in [5.41, 5.74) is 3.11. The molecule has 1 heterocycles. The van der Waals surface area contributed by atoms with Gasteiger partial charge in [0.1, 0.15) is 0 Å². The van der Waals surface area contributed by atoms with Gasteiger partial charge in [0.15, 0.2) is 0 Å². The van der Waals surface area contributed by atoms with E-state index in [9.17, 15) is 8.42 Å². The van der Waals surface area contributed by atoms with Gasteiger partial charge in [-0.25, -0.2) is 8.42 Å². The van der Waals surface area contributed by atoms with Crippen LogP contribution in [0.2, 0.25) is 0 Å². The molecule has 0 atom stereocenters. The lowest BCUT2D eigenvalue weighted by molar-refractivity contribution is 0.310. The minimum Gasteiger partial charge on any atom is -0.411 e. The molecular formula is C14H18N2O3S. The number of nitrogens with zero attached hydrogens (tertiary/aromatic N) is 2. The van der Waals surface area contributed by atoms with E-state index in [1.54, 1.807) is 6.07 Å². The zero-order valence-electron chi connectivity index (χ0n) is 11.2. The first kappa shape index (κ1) is 13.6. The van der Waals surface area contributed by atoms with Gasteiger partial charge in [-0.2, -0.15) is 4.31 Å². The quantitative estimate of drug-likeness (QED) is 0.668. The van der Waals surface area contributed by atoms with Crippen molar-refractivity contribution in [1.82, 2.24) is 4.31 Å². The Kier molecular flexibility index (Phi) is 3.52. The fraction of sp³-hybridized carbons (Fsp3) is 0.500. The van der Waals surface area contributed by atoms with Gasteiger partial charge in [-0.05, 0) is 42.5 Å². The summed E-state index contributed by atoms with van der Waals surface area (Å²) >= 11 is 0. The van der Waals surface area contributed by atoms with E-state index in [1.807, 2.05) is 12.1 Å². The molecule has 6 heteroatoms. The molecule has 0 unspecified atom stereocenters. The van der Waals surface area contributed by atoms with Crippen molar-refractivity contribution >= 4 is 15.7 Å². The van der Waals surface area contributed by atoms with Gasteiger partial charge in [-0.3, -0.25) is 0 Å². The van der Waals surface area contributed by atoms with Crippen molar-refractivity contribution in [3.05, 3.63) is 29.3 Å². The number of sulfonamides is 1. The van der Waals surface area contributed by atoms with Crippen LogP contribution in [0, 0.1) is 0 Å². The van der Waals surface area contributed by atoms with Crippen molar-refractivity contribution < 1.29 is 13.6 Å². The van der Waals surface area contributed by atoms with Gasteiger partial charge in [0.05, 0.1) is 10.6 Å². The molecule has 3 rings (SSSR count). The molecule has 1 fully saturated rings. The largest absolute Gasteiger partial charge is 0.411 e. The van der Waals surface area contributed by atoms with Gasteiger partial charge in [0.2, 0.25) is 10.0 Å². The summed E-state index contributed by atoms with van der Waals surface area (Å²) in [6.45, 7) is 0.775. The second-order valence-corrected chi connectivity index (χ2v) is 7.29. The third-order valence-corrected chi connectivity index (χ3v) is 6.04. The van der Waals surface area contributed by atoms with Crippen LogP contribution in [0.25, 0.3) is 0 Å². The number of fused-ring (bicyclic) bond motifs is 1. The molecule has 0 bridgehead atoms. The zero-order valence-corrected chi connectivity index (χ0v) is 12.1. The Hall–Kier alpha value is -1.40. The normalized spacial score (nSPS) is 19.9. The van der Waals surface area contributed by atoms with E-state index in [4.69, 9.17) is 5.21 Å². The first-order valence-electron chi connectivity index (χ1n) is 6.93. The van der Waals surface area contributed by atoms with Crippen molar-refractivity contribution in [2.45, 2.75) is 37.0 Å². The molecule has 0 radical (unpaired) electrons. The maximum Gasteiger partial charge on any atom is 0.243 e. The number of piperidine rings is 1. The highest BCUT2D eigenvalue weighted by molar-refractivity contribution is 7.89. The Bertz CT molecular complexity index is 642. The highest BCUT2D eigenvalue weighted by atomic mass is 32.2. The molecule has 1 N–H and O–H groups in total. The lowest BCUT2D eigenvalue weighted by Crippen LogP contribution is -2.38. The molecule has 5 nitrogen and oxygen atoms in total. The Morgan fingerprint density at radius 3 is 2.45 bits per heavy atom. The van der Waals surface area contributed by atoms with Crippen LogP contribution >= 0.6 is 0 Å². The van der Waals surface area contributed by atoms with Gasteiger partial charge in [0.25, 0.3) is 0 Å². The number of hydrogen-bond acceptors (Lipinski definition) is 4. The average molecular weight is 294 g/mol. The highest BCUT2D eigenvalue weighted by Crippen LogP contribution is 2.27. The van der Waals surface area contributed by atoms with E-state index in [-0.39, 0.29) is 0 Å². The fourth-order valence-corrected chi connectivity index (χ4v) is 4.44. The molecule has 1 aliphatic heterocycles. The second-order valence-electron chi connectivity index (χ2n) is 5.35. The van der Waals surface area contributed by atoms with Crippen LogP contribution in [-0.2, 0) is 22.9 Å². The van der Waals surface area contributed by atoms with E-state index in [1.165, 1.54) is 15.4 Å². The Morgan fingerprint density at radius 1 is 1.05 bits per heavy atom. The third-order valence-electron chi connectivity index (χ3n) is 4.15. The van der Waals surface area contributed by atoms with E-state index in [2.05, 4.69) is 5.16 Å². The average Bonchev–Trinajstić information content (AvgIpc) is 2.94. The molecule has 0 aromatic heterocycles. The van der Waals surface area contributed by atoms with Crippen LogP contribution in [0.4, 0.5) is 0 Å². The summed E-state index contributed by atoms with van der Waals surface area (Å²) in [5.74, 6) is 0. The van der Waals surface area contributed by atoms with Crippen molar-refractivity contribution in [3.8, 4) is 0 Å². The number of hydrogen-bond donors (Lipinski definition) is 1. The molecule has 1 saturated heterocycles. The van der Waals surface area contributed by atoms with Crippen LogP contribution in [0.5, 0.6) is 0 Å². The minimum atomic E-state index is -3.42. The molecule has 2 aliphatic rings. The van der Waals surface area contributed by atoms with Crippen molar-refractivity contribution in [1.29, 1.82) is 0 Å². The number of oxime groups is 1. The predicted molar refractivity (Wildman–Crippen MR) is 75.7 cm³/mol. The van der Waals surface area contributed by atoms with Crippen molar-refractivity contribution in [3.63, 3.8) is 0 Å². The van der Waals surface area contributed by atoms with Crippen LogP contribution in [0.3, 0.4) is 0 Å². The van der Waals surface area contributed by atoms with Crippen LogP contribution < -0.4 is 0 Å². The van der Waals surface area contributed by atoms with Crippen LogP contribution in [-0.4, -0.2) is 36.7 Å². The molecule has 20 heavy (non-hydrogen) atoms. The van der Waals surface area contributed by atoms with Gasteiger partial charge in [-0.15, -0.1) is 0 Å². The van der Waals surface area contributed by atoms with Crippen LogP contribution in [0.15, 0.2) is 28.3 Å². The summed E-state index contributed by atoms with van der Waals surface area (Å²) < 4.78 is 26.7. The summed E-state index contributed by atoms with van der Waals surface area (Å²) in [6.07, 6.45) is 4.13. The van der Waals surface area contributed by atoms with E-state index in [0.717, 1.165) is 19.3 Å². The van der Waals surface area contributed by atoms with Crippen LogP contribution in [0.1, 0.15) is 30.4 Å². The number of aryl methyl sites for hydroxylation is 2. The molecule has 1 aromatic rings. The van der Waals surface area contributed by atoms with Crippen molar-refractivity contribution in [2.24, 2.45) is 5.16 Å². The standard InChI is InChI=1S/C14H18N2O3S/c17-15-13-6-8-16(9-7-13)20(18,19)14-5-4-11-2-1-3-12(11)10-14/h4-5,10,17H,1-3,6-9H2. The highest BCUT2D eigenvalue weighted by Gasteiger charge is 2.28. The van der Waals surface area contributed by atoms with E-state index >= 15 is 0 Å². The number of rotatable bonds is 2. The summed E-state index contributed by atoms with van der Waals surface area (Å²) in [4.78, 5) is 0.391. The second kappa shape index (κ2) is 5.18. The molecule has 0 spiro atoms. The molecule has 1 aliphatic carbocycles. The van der Waals surface area contributed by atoms with Gasteiger partial charge >= 0.3 is 0 Å². The first-order chi connectivity index (χ1) is 9.61. The Morgan fingerprint density at radius 2 is 1.75 bits per heavy atom. The Balaban J connectivity index is 1.85. The van der Waals surface area contributed by atoms with Crippen molar-refractivity contribution in [2.75, 3.05) is 13.1 Å². The van der Waals surface area contributed by atoms with E-state index < -0.39 is 10.0 Å². The number of benzene rings is 1. The molecule has 0 saturated carbocycles. The van der Waals surface area contributed by atoms with Gasteiger partial charge in [0, 0.05) is 25.9 Å². The lowest BCUT2D eigenvalue weighted by atomic mass is 10.1. The summed E-state index contributed by atoms with van der Waals surface area (Å²) in [5, 5.41) is 11.9. The zero-order chi connectivity index (χ0) is 14.2. The molecule has 1 aromatic carbocycles. The monoisotopic (exact) mass is 294 g/mol. The SMILES string of the molecule is O=S(=O)(c1ccc2c(c1)CCC2)N1CCC(=NO)CC1. The van der Waals surface area contributed by atoms with E-state index in [0.29, 0.717) is 36.5 Å². The first-order valence-corrected chi connectivity index (χ1v) is 8.37. The fourth-order valence-electron chi connectivity index (χ4n) is 2.94. The molecule has 0 amide bonds. The maximum atomic E-state index is 12.6. The lowest BCUT2D eigenvalue weighted by Gasteiger charge is -2.26. The Labute approximate surface area is 119 Å². The van der Waals surface area contributed by atoms with Gasteiger partial charge < -0.3 is 5.21 Å². The smallest absolute Gasteiger partial charge is 0.243 e. The summed E-state index contributed by atoms with van der Waals surface area (Å²) in [7, 11) is -3.42. The van der Waals surface area contributed by atoms with Gasteiger partial charge in [-0.1, -0.05) is 11.2 Å².